The first-order chi connectivity index (χ1) is 17.8. The Morgan fingerprint density at radius 1 is 0.222 bits per heavy atom. The molecule has 0 aromatic carbocycles. The number of hydrogen-bond donors (Lipinski definition) is 2. The Morgan fingerprint density at radius 3 is 0.500 bits per heavy atom. The average molecular weight is 511 g/mol. The van der Waals surface area contributed by atoms with Gasteiger partial charge in [-0.2, -0.15) is 0 Å². The molecule has 0 aliphatic carbocycles. The average Bonchev–Trinajstić information content (AvgIpc) is 2.89. The molecule has 0 saturated carbocycles. The van der Waals surface area contributed by atoms with Crippen LogP contribution in [0.25, 0.3) is 0 Å². The molecule has 0 saturated heterocycles. The maximum atomic E-state index is 5.48. The van der Waals surface area contributed by atoms with E-state index in [2.05, 4.69) is 13.8 Å². The molecule has 0 radical (unpaired) electrons. The second kappa shape index (κ2) is 39.4. The molecular weight excluding hydrogens is 436 g/mol. The van der Waals surface area contributed by atoms with Gasteiger partial charge >= 0.3 is 0 Å². The van der Waals surface area contributed by atoms with Crippen LogP contribution in [0.4, 0.5) is 0 Å². The van der Waals surface area contributed by atoms with Crippen LogP contribution in [0, 0.1) is 0 Å². The fourth-order valence-corrected chi connectivity index (χ4v) is 5.03. The van der Waals surface area contributed by atoms with Gasteiger partial charge in [0.2, 0.25) is 0 Å². The lowest BCUT2D eigenvalue weighted by atomic mass is 10.0. The van der Waals surface area contributed by atoms with Crippen LogP contribution in [-0.4, -0.2) is 13.1 Å². The molecular formula is C34H74N2. The Morgan fingerprint density at radius 2 is 0.361 bits per heavy atom. The summed E-state index contributed by atoms with van der Waals surface area (Å²) < 4.78 is 0. The Balaban J connectivity index is 0. The van der Waals surface area contributed by atoms with Gasteiger partial charge in [0, 0.05) is 0 Å². The van der Waals surface area contributed by atoms with Gasteiger partial charge in [0.25, 0.3) is 0 Å². The monoisotopic (exact) mass is 511 g/mol. The van der Waals surface area contributed by atoms with Gasteiger partial charge < -0.3 is 11.5 Å². The number of hydrogen-bond acceptors (Lipinski definition) is 2. The van der Waals surface area contributed by atoms with Gasteiger partial charge in [0.1, 0.15) is 0 Å². The highest BCUT2D eigenvalue weighted by atomic mass is 14.5. The Hall–Kier alpha value is -0.0800. The topological polar surface area (TPSA) is 52.0 Å². The predicted octanol–water partition coefficient (Wildman–Crippen LogP) is 11.6. The Labute approximate surface area is 230 Å². The molecule has 0 amide bonds. The van der Waals surface area contributed by atoms with E-state index in [1.807, 2.05) is 0 Å². The van der Waals surface area contributed by atoms with Crippen LogP contribution < -0.4 is 11.5 Å². The van der Waals surface area contributed by atoms with E-state index in [1.54, 1.807) is 0 Å². The fourth-order valence-electron chi connectivity index (χ4n) is 5.03. The zero-order valence-electron chi connectivity index (χ0n) is 25.8. The maximum absolute atomic E-state index is 5.48. The van der Waals surface area contributed by atoms with Crippen molar-refractivity contribution in [3.8, 4) is 0 Å². The minimum absolute atomic E-state index is 0.873. The molecule has 0 unspecified atom stereocenters. The third-order valence-electron chi connectivity index (χ3n) is 7.62. The largest absolute Gasteiger partial charge is 0.330 e. The summed E-state index contributed by atoms with van der Waals surface area (Å²) in [5.41, 5.74) is 11.0. The molecule has 0 heterocycles. The molecule has 0 aliphatic rings. The summed E-state index contributed by atoms with van der Waals surface area (Å²) in [5, 5.41) is 0. The van der Waals surface area contributed by atoms with Crippen molar-refractivity contribution in [1.82, 2.24) is 0 Å². The van der Waals surface area contributed by atoms with E-state index in [0.717, 1.165) is 13.1 Å². The molecule has 36 heavy (non-hydrogen) atoms. The van der Waals surface area contributed by atoms with Crippen molar-refractivity contribution in [2.45, 2.75) is 206 Å². The van der Waals surface area contributed by atoms with Crippen molar-refractivity contribution in [2.75, 3.05) is 13.1 Å². The van der Waals surface area contributed by atoms with Gasteiger partial charge in [-0.15, -0.1) is 0 Å². The molecule has 4 N–H and O–H groups in total. The van der Waals surface area contributed by atoms with E-state index in [-0.39, 0.29) is 0 Å². The third kappa shape index (κ3) is 41.1. The first-order valence-corrected chi connectivity index (χ1v) is 17.2. The second-order valence-corrected chi connectivity index (χ2v) is 11.5. The molecule has 0 aliphatic heterocycles. The second-order valence-electron chi connectivity index (χ2n) is 11.5. The highest BCUT2D eigenvalue weighted by Gasteiger charge is 1.95. The first kappa shape index (κ1) is 38.1. The molecule has 2 nitrogen and oxygen atoms in total. The van der Waals surface area contributed by atoms with Crippen LogP contribution in [0.2, 0.25) is 0 Å². The highest BCUT2D eigenvalue weighted by molar-refractivity contribution is 4.51. The third-order valence-corrected chi connectivity index (χ3v) is 7.62. The molecule has 0 aromatic rings. The van der Waals surface area contributed by atoms with E-state index in [9.17, 15) is 0 Å². The van der Waals surface area contributed by atoms with Crippen molar-refractivity contribution >= 4 is 0 Å². The number of nitrogens with two attached hydrogens (primary N) is 2. The molecule has 220 valence electrons. The summed E-state index contributed by atoms with van der Waals surface area (Å²) in [4.78, 5) is 0. The predicted molar refractivity (Wildman–Crippen MR) is 168 cm³/mol. The van der Waals surface area contributed by atoms with E-state index in [1.165, 1.54) is 193 Å². The standard InChI is InChI=1S/C18H39N.C16H35N/c1-2-3-4-5-6-7-8-9-10-11-12-13-14-15-16-17-18-19;1-2-3-4-5-6-7-8-9-10-11-12-13-14-15-16-17/h2-19H2,1H3;2-17H2,1H3. The fraction of sp³-hybridized carbons (Fsp3) is 1.00. The normalized spacial score (nSPS) is 11.0. The smallest absolute Gasteiger partial charge is 0.00773 e. The summed E-state index contributed by atoms with van der Waals surface area (Å²) >= 11 is 0. The lowest BCUT2D eigenvalue weighted by molar-refractivity contribution is 0.530. The summed E-state index contributed by atoms with van der Waals surface area (Å²) in [6.07, 6.45) is 42.7. The van der Waals surface area contributed by atoms with Gasteiger partial charge in [0.05, 0.1) is 0 Å². The minimum Gasteiger partial charge on any atom is -0.330 e. The summed E-state index contributed by atoms with van der Waals surface area (Å²) in [7, 11) is 0. The molecule has 0 spiro atoms. The molecule has 0 atom stereocenters. The van der Waals surface area contributed by atoms with Crippen molar-refractivity contribution in [3.05, 3.63) is 0 Å². The van der Waals surface area contributed by atoms with Crippen LogP contribution in [0.3, 0.4) is 0 Å². The first-order valence-electron chi connectivity index (χ1n) is 17.2. The van der Waals surface area contributed by atoms with E-state index in [4.69, 9.17) is 11.5 Å². The van der Waals surface area contributed by atoms with Crippen molar-refractivity contribution in [3.63, 3.8) is 0 Å². The molecule has 0 aromatic heterocycles. The van der Waals surface area contributed by atoms with Crippen LogP contribution >= 0.6 is 0 Å². The van der Waals surface area contributed by atoms with Crippen LogP contribution in [0.1, 0.15) is 206 Å². The van der Waals surface area contributed by atoms with E-state index >= 15 is 0 Å². The lowest BCUT2D eigenvalue weighted by Gasteiger charge is -2.03. The molecule has 0 rings (SSSR count). The molecule has 2 heteroatoms. The SMILES string of the molecule is CCCCCCCCCCCCCCCCCCN.CCCCCCCCCCCCCCCCN. The van der Waals surface area contributed by atoms with Gasteiger partial charge in [-0.05, 0) is 25.9 Å². The minimum atomic E-state index is 0.873. The van der Waals surface area contributed by atoms with Crippen LogP contribution in [-0.2, 0) is 0 Å². The molecule has 0 fully saturated rings. The van der Waals surface area contributed by atoms with Gasteiger partial charge in [-0.1, -0.05) is 194 Å². The van der Waals surface area contributed by atoms with Gasteiger partial charge in [-0.25, -0.2) is 0 Å². The van der Waals surface area contributed by atoms with Crippen LogP contribution in [0.5, 0.6) is 0 Å². The molecule has 0 bridgehead atoms. The van der Waals surface area contributed by atoms with E-state index in [0.29, 0.717) is 0 Å². The van der Waals surface area contributed by atoms with E-state index < -0.39 is 0 Å². The summed E-state index contributed by atoms with van der Waals surface area (Å²) in [6, 6.07) is 0. The van der Waals surface area contributed by atoms with Crippen molar-refractivity contribution in [1.29, 1.82) is 0 Å². The zero-order chi connectivity index (χ0) is 26.6. The number of rotatable bonds is 30. The summed E-state index contributed by atoms with van der Waals surface area (Å²) in [5.74, 6) is 0. The number of unbranched alkanes of at least 4 members (excludes halogenated alkanes) is 28. The van der Waals surface area contributed by atoms with Gasteiger partial charge in [0.15, 0.2) is 0 Å². The van der Waals surface area contributed by atoms with Crippen molar-refractivity contribution in [2.24, 2.45) is 11.5 Å². The van der Waals surface area contributed by atoms with Gasteiger partial charge in [-0.3, -0.25) is 0 Å². The Kier molecular flexibility index (Phi) is 41.7. The van der Waals surface area contributed by atoms with Crippen molar-refractivity contribution < 1.29 is 0 Å². The quantitative estimate of drug-likeness (QED) is 0.0943. The maximum Gasteiger partial charge on any atom is -0.00773 e. The highest BCUT2D eigenvalue weighted by Crippen LogP contribution is 2.14. The zero-order valence-corrected chi connectivity index (χ0v) is 25.8. The Bertz CT molecular complexity index is 301. The summed E-state index contributed by atoms with van der Waals surface area (Å²) in [6.45, 7) is 6.32. The van der Waals surface area contributed by atoms with Crippen LogP contribution in [0.15, 0.2) is 0 Å². The lowest BCUT2D eigenvalue weighted by Crippen LogP contribution is -1.97.